The predicted molar refractivity (Wildman–Crippen MR) is 33.7 cm³/mol. The molecule has 2 nitrogen and oxygen atoms in total. The molecule has 0 saturated heterocycles. The van der Waals surface area contributed by atoms with Gasteiger partial charge < -0.3 is 4.74 Å². The average molecular weight is 150 g/mol. The molecular formula is C4H4ClNOS. The summed E-state index contributed by atoms with van der Waals surface area (Å²) in [5, 5.41) is 2.82. The summed E-state index contributed by atoms with van der Waals surface area (Å²) in [4.78, 5) is 3.79. The van der Waals surface area contributed by atoms with Gasteiger partial charge in [-0.2, -0.15) is 4.98 Å². The molecule has 0 fully saturated rings. The van der Waals surface area contributed by atoms with Crippen molar-refractivity contribution in [3.05, 3.63) is 10.5 Å². The lowest BCUT2D eigenvalue weighted by Crippen LogP contribution is -1.77. The maximum absolute atomic E-state index is 5.46. The van der Waals surface area contributed by atoms with Crippen LogP contribution in [0.15, 0.2) is 5.38 Å². The molecule has 0 spiro atoms. The van der Waals surface area contributed by atoms with E-state index in [1.165, 1.54) is 11.3 Å². The molecule has 44 valence electrons. The van der Waals surface area contributed by atoms with Gasteiger partial charge in [0.25, 0.3) is 5.19 Å². The number of hydrogen-bond donors (Lipinski definition) is 0. The van der Waals surface area contributed by atoms with Gasteiger partial charge in [-0.3, -0.25) is 0 Å². The summed E-state index contributed by atoms with van der Waals surface area (Å²) < 4.78 is 4.76. The highest BCUT2D eigenvalue weighted by molar-refractivity contribution is 7.11. The topological polar surface area (TPSA) is 22.1 Å². The fourth-order valence-electron chi connectivity index (χ4n) is 0.333. The number of rotatable bonds is 1. The van der Waals surface area contributed by atoms with Crippen LogP contribution in [0.25, 0.3) is 0 Å². The Hall–Kier alpha value is -0.280. The molecule has 0 bridgehead atoms. The maximum atomic E-state index is 5.46. The Labute approximate surface area is 56.1 Å². The molecule has 0 atom stereocenters. The minimum Gasteiger partial charge on any atom is -0.473 e. The second-order valence-electron chi connectivity index (χ2n) is 1.14. The van der Waals surface area contributed by atoms with Gasteiger partial charge in [0.05, 0.1) is 7.11 Å². The van der Waals surface area contributed by atoms with E-state index in [0.717, 1.165) is 0 Å². The first-order valence-electron chi connectivity index (χ1n) is 1.98. The van der Waals surface area contributed by atoms with E-state index < -0.39 is 0 Å². The fraction of sp³-hybridized carbons (Fsp3) is 0.250. The van der Waals surface area contributed by atoms with Gasteiger partial charge in [-0.25, -0.2) is 0 Å². The summed E-state index contributed by atoms with van der Waals surface area (Å²) in [6.45, 7) is 0. The molecule has 0 radical (unpaired) electrons. The van der Waals surface area contributed by atoms with E-state index >= 15 is 0 Å². The highest BCUT2D eigenvalue weighted by atomic mass is 35.5. The van der Waals surface area contributed by atoms with Crippen molar-refractivity contribution in [1.29, 1.82) is 0 Å². The Morgan fingerprint density at radius 2 is 2.62 bits per heavy atom. The van der Waals surface area contributed by atoms with Gasteiger partial charge in [0.1, 0.15) is 5.15 Å². The second kappa shape index (κ2) is 2.33. The van der Waals surface area contributed by atoms with E-state index in [4.69, 9.17) is 16.3 Å². The van der Waals surface area contributed by atoms with Gasteiger partial charge in [-0.1, -0.05) is 22.9 Å². The quantitative estimate of drug-likeness (QED) is 0.608. The van der Waals surface area contributed by atoms with E-state index in [0.29, 0.717) is 10.3 Å². The van der Waals surface area contributed by atoms with Gasteiger partial charge in [0.2, 0.25) is 0 Å². The standard InChI is InChI=1S/C4H4ClNOS/c1-7-4-6-3(5)2-8-4/h2H,1H3. The van der Waals surface area contributed by atoms with E-state index in [9.17, 15) is 0 Å². The summed E-state index contributed by atoms with van der Waals surface area (Å²) in [6, 6.07) is 0. The number of halogens is 1. The Morgan fingerprint density at radius 3 is 2.88 bits per heavy atom. The van der Waals surface area contributed by atoms with Gasteiger partial charge >= 0.3 is 0 Å². The lowest BCUT2D eigenvalue weighted by Gasteiger charge is -1.84. The third-order valence-electron chi connectivity index (χ3n) is 0.630. The third-order valence-corrected chi connectivity index (χ3v) is 1.75. The lowest BCUT2D eigenvalue weighted by molar-refractivity contribution is 0.412. The second-order valence-corrected chi connectivity index (χ2v) is 2.35. The minimum absolute atomic E-state index is 0.492. The summed E-state index contributed by atoms with van der Waals surface area (Å²) in [5.74, 6) is 0. The lowest BCUT2D eigenvalue weighted by atomic mass is 11.0. The molecule has 1 heterocycles. The molecule has 0 aliphatic heterocycles. The van der Waals surface area contributed by atoms with Crippen molar-refractivity contribution >= 4 is 22.9 Å². The zero-order chi connectivity index (χ0) is 5.98. The average Bonchev–Trinajstić information content (AvgIpc) is 2.14. The summed E-state index contributed by atoms with van der Waals surface area (Å²) in [7, 11) is 1.56. The van der Waals surface area contributed by atoms with Gasteiger partial charge in [-0.05, 0) is 0 Å². The number of nitrogens with zero attached hydrogens (tertiary/aromatic N) is 1. The number of ether oxygens (including phenoxy) is 1. The molecule has 0 aliphatic rings. The first kappa shape index (κ1) is 5.85. The first-order chi connectivity index (χ1) is 3.83. The molecule has 0 aliphatic carbocycles. The molecule has 0 unspecified atom stereocenters. The van der Waals surface area contributed by atoms with Crippen LogP contribution >= 0.6 is 22.9 Å². The van der Waals surface area contributed by atoms with E-state index in [2.05, 4.69) is 4.98 Å². The number of methoxy groups -OCH3 is 1. The molecule has 1 aromatic rings. The van der Waals surface area contributed by atoms with Crippen LogP contribution in [0.1, 0.15) is 0 Å². The molecule has 0 saturated carbocycles. The van der Waals surface area contributed by atoms with Gasteiger partial charge in [-0.15, -0.1) is 0 Å². The van der Waals surface area contributed by atoms with Crippen LogP contribution in [0.3, 0.4) is 0 Å². The highest BCUT2D eigenvalue weighted by Gasteiger charge is 1.94. The first-order valence-corrected chi connectivity index (χ1v) is 3.23. The predicted octanol–water partition coefficient (Wildman–Crippen LogP) is 1.81. The smallest absolute Gasteiger partial charge is 0.274 e. The zero-order valence-electron chi connectivity index (χ0n) is 4.22. The summed E-state index contributed by atoms with van der Waals surface area (Å²) in [5.41, 5.74) is 0. The molecule has 0 N–H and O–H groups in total. The largest absolute Gasteiger partial charge is 0.473 e. The highest BCUT2D eigenvalue weighted by Crippen LogP contribution is 2.19. The van der Waals surface area contributed by atoms with Crippen molar-refractivity contribution in [1.82, 2.24) is 4.98 Å². The number of thiazole rings is 1. The van der Waals surface area contributed by atoms with Crippen molar-refractivity contribution in [3.63, 3.8) is 0 Å². The number of hydrogen-bond acceptors (Lipinski definition) is 3. The molecule has 8 heavy (non-hydrogen) atoms. The Kier molecular flexibility index (Phi) is 1.70. The van der Waals surface area contributed by atoms with Crippen LogP contribution in [0.5, 0.6) is 5.19 Å². The molecule has 1 rings (SSSR count). The Balaban J connectivity index is 2.84. The zero-order valence-corrected chi connectivity index (χ0v) is 5.79. The normalized spacial score (nSPS) is 9.25. The van der Waals surface area contributed by atoms with E-state index in [1.54, 1.807) is 12.5 Å². The van der Waals surface area contributed by atoms with Crippen molar-refractivity contribution < 1.29 is 4.74 Å². The summed E-state index contributed by atoms with van der Waals surface area (Å²) in [6.07, 6.45) is 0. The molecule has 0 amide bonds. The molecule has 4 heteroatoms. The van der Waals surface area contributed by atoms with E-state index in [-0.39, 0.29) is 0 Å². The van der Waals surface area contributed by atoms with Crippen LogP contribution in [-0.2, 0) is 0 Å². The van der Waals surface area contributed by atoms with Crippen molar-refractivity contribution in [3.8, 4) is 5.19 Å². The van der Waals surface area contributed by atoms with Crippen molar-refractivity contribution in [2.24, 2.45) is 0 Å². The van der Waals surface area contributed by atoms with Crippen LogP contribution in [0.4, 0.5) is 0 Å². The van der Waals surface area contributed by atoms with E-state index in [1.807, 2.05) is 0 Å². The van der Waals surface area contributed by atoms with Gasteiger partial charge in [0.15, 0.2) is 0 Å². The molecule has 0 aromatic carbocycles. The van der Waals surface area contributed by atoms with Crippen LogP contribution in [-0.4, -0.2) is 12.1 Å². The van der Waals surface area contributed by atoms with Crippen LogP contribution in [0.2, 0.25) is 5.15 Å². The monoisotopic (exact) mass is 149 g/mol. The van der Waals surface area contributed by atoms with Crippen LogP contribution in [0, 0.1) is 0 Å². The van der Waals surface area contributed by atoms with Crippen molar-refractivity contribution in [2.45, 2.75) is 0 Å². The Morgan fingerprint density at radius 1 is 1.88 bits per heavy atom. The minimum atomic E-state index is 0.492. The fourth-order valence-corrected chi connectivity index (χ4v) is 1.09. The maximum Gasteiger partial charge on any atom is 0.274 e. The van der Waals surface area contributed by atoms with Gasteiger partial charge in [0, 0.05) is 5.38 Å². The number of aromatic nitrogens is 1. The van der Waals surface area contributed by atoms with Crippen molar-refractivity contribution in [2.75, 3.05) is 7.11 Å². The Bertz CT molecular complexity index is 176. The third kappa shape index (κ3) is 1.11. The van der Waals surface area contributed by atoms with Crippen LogP contribution < -0.4 is 4.74 Å². The SMILES string of the molecule is COc1nc(Cl)cs1. The molecule has 1 aromatic heterocycles. The summed E-state index contributed by atoms with van der Waals surface area (Å²) >= 11 is 6.84. The molecular weight excluding hydrogens is 146 g/mol.